The lowest BCUT2D eigenvalue weighted by Crippen LogP contribution is -2.57. The Morgan fingerprint density at radius 2 is 1.62 bits per heavy atom. The van der Waals surface area contributed by atoms with Crippen LogP contribution in [0.5, 0.6) is 0 Å². The Morgan fingerprint density at radius 3 is 2.19 bits per heavy atom. The van der Waals surface area contributed by atoms with Crippen LogP contribution in [-0.2, 0) is 20.4 Å². The first kappa shape index (κ1) is 24.2. The Morgan fingerprint density at radius 1 is 1.03 bits per heavy atom. The summed E-state index contributed by atoms with van der Waals surface area (Å²) in [6.07, 6.45) is 1.85. The summed E-state index contributed by atoms with van der Waals surface area (Å²) >= 11 is 0. The largest absolute Gasteiger partial charge is 0.378 e. The van der Waals surface area contributed by atoms with Gasteiger partial charge in [0.1, 0.15) is 0 Å². The maximum atomic E-state index is 12.6. The number of carbonyl (C=O) groups is 1. The Kier molecular flexibility index (Phi) is 8.25. The van der Waals surface area contributed by atoms with Crippen molar-refractivity contribution in [1.82, 2.24) is 15.5 Å². The van der Waals surface area contributed by atoms with Crippen LogP contribution in [0.2, 0.25) is 0 Å². The van der Waals surface area contributed by atoms with Crippen LogP contribution in [0.1, 0.15) is 24.0 Å². The number of ether oxygens (including phenoxy) is 1. The molecule has 32 heavy (non-hydrogen) atoms. The third-order valence-corrected chi connectivity index (χ3v) is 6.61. The zero-order chi connectivity index (χ0) is 23.0. The van der Waals surface area contributed by atoms with Gasteiger partial charge >= 0.3 is 6.03 Å². The number of amides is 2. The van der Waals surface area contributed by atoms with Crippen molar-refractivity contribution < 1.29 is 22.5 Å². The van der Waals surface area contributed by atoms with Crippen molar-refractivity contribution in [3.8, 4) is 0 Å². The van der Waals surface area contributed by atoms with E-state index in [4.69, 9.17) is 9.29 Å². The van der Waals surface area contributed by atoms with Crippen LogP contribution in [0.25, 0.3) is 0 Å². The predicted octanol–water partition coefficient (Wildman–Crippen LogP) is 2.55. The molecule has 3 N–H and O–H groups in total. The number of hydrogen-bond donors (Lipinski definition) is 3. The Labute approximate surface area is 189 Å². The predicted molar refractivity (Wildman–Crippen MR) is 122 cm³/mol. The highest BCUT2D eigenvalue weighted by atomic mass is 32.2. The van der Waals surface area contributed by atoms with Gasteiger partial charge in [-0.2, -0.15) is 8.42 Å². The van der Waals surface area contributed by atoms with Gasteiger partial charge in [-0.1, -0.05) is 48.0 Å². The van der Waals surface area contributed by atoms with E-state index in [0.717, 1.165) is 31.5 Å². The van der Waals surface area contributed by atoms with Crippen LogP contribution in [0.3, 0.4) is 0 Å². The van der Waals surface area contributed by atoms with Crippen molar-refractivity contribution in [2.75, 3.05) is 39.4 Å². The molecule has 9 heteroatoms. The van der Waals surface area contributed by atoms with Gasteiger partial charge < -0.3 is 20.3 Å². The van der Waals surface area contributed by atoms with E-state index < -0.39 is 10.1 Å². The van der Waals surface area contributed by atoms with Gasteiger partial charge in [-0.25, -0.2) is 4.79 Å². The number of nitrogens with one attached hydrogen (secondary N) is 2. The van der Waals surface area contributed by atoms with Crippen LogP contribution in [0.4, 0.5) is 4.79 Å². The summed E-state index contributed by atoms with van der Waals surface area (Å²) in [5, 5.41) is 6.69. The first-order chi connectivity index (χ1) is 15.3. The van der Waals surface area contributed by atoms with Gasteiger partial charge in [0.15, 0.2) is 0 Å². The number of urea groups is 1. The van der Waals surface area contributed by atoms with Crippen LogP contribution in [0, 0.1) is 6.92 Å². The maximum absolute atomic E-state index is 12.6. The Balaban J connectivity index is 0.000000222. The minimum Gasteiger partial charge on any atom is -0.378 e. The van der Waals surface area contributed by atoms with E-state index in [0.29, 0.717) is 26.3 Å². The molecule has 174 valence electrons. The standard InChI is InChI=1S/C16H23N3O2.C7H8O3S/c20-15(19-10-12-21-13-11-19)18-16(6-8-17-9-7-16)14-4-2-1-3-5-14;1-6-2-4-7(5-3-6)11(8,9)10/h1-5,17H,6-13H2,(H,18,20);2-5H,1H3,(H,8,9,10). The molecule has 0 saturated carbocycles. The summed E-state index contributed by atoms with van der Waals surface area (Å²) in [5.41, 5.74) is 1.91. The minimum atomic E-state index is -4.02. The van der Waals surface area contributed by atoms with Gasteiger partial charge in [-0.15, -0.1) is 0 Å². The molecule has 2 heterocycles. The second-order valence-electron chi connectivity index (χ2n) is 8.02. The third kappa shape index (κ3) is 6.52. The topological polar surface area (TPSA) is 108 Å². The van der Waals surface area contributed by atoms with Crippen LogP contribution >= 0.6 is 0 Å². The molecular formula is C23H31N3O5S. The van der Waals surface area contributed by atoms with Gasteiger partial charge in [0.25, 0.3) is 10.1 Å². The summed E-state index contributed by atoms with van der Waals surface area (Å²) in [6.45, 7) is 6.31. The van der Waals surface area contributed by atoms with Crippen molar-refractivity contribution in [3.63, 3.8) is 0 Å². The molecule has 0 aliphatic carbocycles. The Hall–Kier alpha value is -2.46. The number of aryl methyl sites for hydroxylation is 1. The first-order valence-electron chi connectivity index (χ1n) is 10.8. The fourth-order valence-corrected chi connectivity index (χ4v) is 4.34. The van der Waals surface area contributed by atoms with Crippen LogP contribution in [0.15, 0.2) is 59.5 Å². The highest BCUT2D eigenvalue weighted by Crippen LogP contribution is 2.30. The number of piperidine rings is 1. The van der Waals surface area contributed by atoms with E-state index >= 15 is 0 Å². The van der Waals surface area contributed by atoms with Gasteiger partial charge in [0.05, 0.1) is 23.6 Å². The van der Waals surface area contributed by atoms with E-state index in [2.05, 4.69) is 22.8 Å². The number of rotatable bonds is 3. The van der Waals surface area contributed by atoms with E-state index in [1.165, 1.54) is 17.7 Å². The number of hydrogen-bond acceptors (Lipinski definition) is 5. The molecule has 2 aromatic rings. The second kappa shape index (κ2) is 10.9. The van der Waals surface area contributed by atoms with Gasteiger partial charge in [-0.3, -0.25) is 4.55 Å². The fourth-order valence-electron chi connectivity index (χ4n) is 3.86. The van der Waals surface area contributed by atoms with Crippen LogP contribution < -0.4 is 10.6 Å². The van der Waals surface area contributed by atoms with Crippen molar-refractivity contribution >= 4 is 16.1 Å². The molecule has 2 aliphatic heterocycles. The number of carbonyl (C=O) groups excluding carboxylic acids is 1. The number of benzene rings is 2. The molecule has 8 nitrogen and oxygen atoms in total. The lowest BCUT2D eigenvalue weighted by Gasteiger charge is -2.41. The van der Waals surface area contributed by atoms with E-state index in [-0.39, 0.29) is 16.5 Å². The molecular weight excluding hydrogens is 430 g/mol. The van der Waals surface area contributed by atoms with E-state index in [9.17, 15) is 13.2 Å². The lowest BCUT2D eigenvalue weighted by molar-refractivity contribution is 0.0498. The van der Waals surface area contributed by atoms with Crippen molar-refractivity contribution in [2.45, 2.75) is 30.2 Å². The summed E-state index contributed by atoms with van der Waals surface area (Å²) < 4.78 is 34.9. The SMILES string of the molecule is Cc1ccc(S(=O)(=O)O)cc1.O=C(NC1(c2ccccc2)CCNCC1)N1CCOCC1. The van der Waals surface area contributed by atoms with Gasteiger partial charge in [-0.05, 0) is 50.6 Å². The molecule has 0 aromatic heterocycles. The maximum Gasteiger partial charge on any atom is 0.318 e. The van der Waals surface area contributed by atoms with Crippen LogP contribution in [-0.4, -0.2) is 63.3 Å². The molecule has 0 unspecified atom stereocenters. The molecule has 4 rings (SSSR count). The summed E-state index contributed by atoms with van der Waals surface area (Å²) in [5.74, 6) is 0. The van der Waals surface area contributed by atoms with Crippen molar-refractivity contribution in [2.24, 2.45) is 0 Å². The summed E-state index contributed by atoms with van der Waals surface area (Å²) in [7, 11) is -4.02. The summed E-state index contributed by atoms with van der Waals surface area (Å²) in [6, 6.07) is 16.4. The summed E-state index contributed by atoms with van der Waals surface area (Å²) in [4.78, 5) is 14.4. The zero-order valence-electron chi connectivity index (χ0n) is 18.3. The quantitative estimate of drug-likeness (QED) is 0.607. The molecule has 0 spiro atoms. The molecule has 2 saturated heterocycles. The Bertz CT molecular complexity index is 968. The average Bonchev–Trinajstić information content (AvgIpc) is 2.81. The number of nitrogens with zero attached hydrogens (tertiary/aromatic N) is 1. The molecule has 0 radical (unpaired) electrons. The average molecular weight is 462 g/mol. The molecule has 0 bridgehead atoms. The fraction of sp³-hybridized carbons (Fsp3) is 0.435. The highest BCUT2D eigenvalue weighted by molar-refractivity contribution is 7.85. The van der Waals surface area contributed by atoms with E-state index in [1.54, 1.807) is 12.1 Å². The molecule has 2 fully saturated rings. The molecule has 2 aromatic carbocycles. The molecule has 2 amide bonds. The van der Waals surface area contributed by atoms with Gasteiger partial charge in [0.2, 0.25) is 0 Å². The highest BCUT2D eigenvalue weighted by Gasteiger charge is 2.36. The number of morpholine rings is 1. The lowest BCUT2D eigenvalue weighted by atomic mass is 9.81. The second-order valence-corrected chi connectivity index (χ2v) is 9.44. The van der Waals surface area contributed by atoms with Gasteiger partial charge in [0, 0.05) is 13.1 Å². The monoisotopic (exact) mass is 461 g/mol. The van der Waals surface area contributed by atoms with Crippen molar-refractivity contribution in [1.29, 1.82) is 0 Å². The van der Waals surface area contributed by atoms with Crippen molar-refractivity contribution in [3.05, 3.63) is 65.7 Å². The zero-order valence-corrected chi connectivity index (χ0v) is 19.1. The third-order valence-electron chi connectivity index (χ3n) is 5.75. The smallest absolute Gasteiger partial charge is 0.318 e. The van der Waals surface area contributed by atoms with E-state index in [1.807, 2.05) is 30.0 Å². The minimum absolute atomic E-state index is 0.0315. The normalized spacial score (nSPS) is 18.2. The first-order valence-corrected chi connectivity index (χ1v) is 12.2. The molecule has 2 aliphatic rings. The molecule has 0 atom stereocenters.